The van der Waals surface area contributed by atoms with Crippen LogP contribution in [0.4, 0.5) is 0 Å². The first-order valence-corrected chi connectivity index (χ1v) is 10.6. The second-order valence-corrected chi connectivity index (χ2v) is 8.11. The number of benzene rings is 3. The normalized spacial score (nSPS) is 14.1. The van der Waals surface area contributed by atoms with Gasteiger partial charge < -0.3 is 18.4 Å². The van der Waals surface area contributed by atoms with Crippen LogP contribution >= 0.6 is 0 Å². The molecule has 0 N–H and O–H groups in total. The van der Waals surface area contributed by atoms with Crippen molar-refractivity contribution < 1.29 is 31.6 Å². The molecule has 0 bridgehead atoms. The summed E-state index contributed by atoms with van der Waals surface area (Å²) in [6, 6.07) is 17.3. The molecular formula is C23H18O7S. The van der Waals surface area contributed by atoms with Gasteiger partial charge in [-0.25, -0.2) is 0 Å². The molecule has 158 valence electrons. The monoisotopic (exact) mass is 438 g/mol. The highest BCUT2D eigenvalue weighted by atomic mass is 32.2. The van der Waals surface area contributed by atoms with Gasteiger partial charge in [0.15, 0.2) is 17.3 Å². The van der Waals surface area contributed by atoms with Crippen molar-refractivity contribution in [2.24, 2.45) is 0 Å². The van der Waals surface area contributed by atoms with E-state index in [0.717, 1.165) is 0 Å². The molecule has 3 aromatic rings. The van der Waals surface area contributed by atoms with Gasteiger partial charge in [-0.1, -0.05) is 24.3 Å². The van der Waals surface area contributed by atoms with Gasteiger partial charge in [0.1, 0.15) is 16.4 Å². The van der Waals surface area contributed by atoms with Crippen LogP contribution in [0.25, 0.3) is 6.08 Å². The first-order chi connectivity index (χ1) is 14.9. The molecule has 0 aromatic heterocycles. The molecule has 0 radical (unpaired) electrons. The Labute approximate surface area is 179 Å². The number of hydrogen-bond acceptors (Lipinski definition) is 7. The molecule has 0 amide bonds. The van der Waals surface area contributed by atoms with Crippen molar-refractivity contribution in [1.29, 1.82) is 0 Å². The summed E-state index contributed by atoms with van der Waals surface area (Å²) >= 11 is 0. The Bertz CT molecular complexity index is 1280. The fourth-order valence-electron chi connectivity index (χ4n) is 3.08. The van der Waals surface area contributed by atoms with E-state index < -0.39 is 10.1 Å². The molecule has 7 nitrogen and oxygen atoms in total. The van der Waals surface area contributed by atoms with Crippen LogP contribution < -0.4 is 18.4 Å². The summed E-state index contributed by atoms with van der Waals surface area (Å²) in [5.74, 6) is 1.13. The maximum Gasteiger partial charge on any atom is 0.339 e. The lowest BCUT2D eigenvalue weighted by Gasteiger charge is -2.08. The second kappa shape index (κ2) is 8.16. The number of carbonyl (C=O) groups is 1. The van der Waals surface area contributed by atoms with Crippen molar-refractivity contribution in [1.82, 2.24) is 0 Å². The van der Waals surface area contributed by atoms with E-state index in [0.29, 0.717) is 22.6 Å². The van der Waals surface area contributed by atoms with E-state index in [2.05, 4.69) is 0 Å². The predicted octanol–water partition coefficient (Wildman–Crippen LogP) is 4.09. The number of methoxy groups -OCH3 is 2. The van der Waals surface area contributed by atoms with Crippen LogP contribution in [0.1, 0.15) is 15.9 Å². The van der Waals surface area contributed by atoms with Crippen molar-refractivity contribution in [3.63, 3.8) is 0 Å². The Morgan fingerprint density at radius 2 is 1.61 bits per heavy atom. The molecule has 0 saturated carbocycles. The summed E-state index contributed by atoms with van der Waals surface area (Å²) in [7, 11) is -0.945. The topological polar surface area (TPSA) is 88.1 Å². The molecule has 4 rings (SSSR count). The molecule has 0 fully saturated rings. The number of fused-ring (bicyclic) bond motifs is 1. The highest BCUT2D eigenvalue weighted by Gasteiger charge is 2.28. The van der Waals surface area contributed by atoms with Gasteiger partial charge in [0, 0.05) is 6.07 Å². The number of carbonyl (C=O) groups excluding carboxylic acids is 1. The van der Waals surface area contributed by atoms with Gasteiger partial charge >= 0.3 is 10.1 Å². The molecular weight excluding hydrogens is 420 g/mol. The van der Waals surface area contributed by atoms with Crippen LogP contribution in [0, 0.1) is 0 Å². The average molecular weight is 438 g/mol. The van der Waals surface area contributed by atoms with Crippen molar-refractivity contribution in [3.05, 3.63) is 83.6 Å². The smallest absolute Gasteiger partial charge is 0.339 e. The summed E-state index contributed by atoms with van der Waals surface area (Å²) in [5, 5.41) is 0. The second-order valence-electron chi connectivity index (χ2n) is 6.56. The van der Waals surface area contributed by atoms with Crippen LogP contribution in [0.3, 0.4) is 0 Å². The van der Waals surface area contributed by atoms with Gasteiger partial charge in [0.2, 0.25) is 5.78 Å². The van der Waals surface area contributed by atoms with Crippen LogP contribution in [0.5, 0.6) is 23.0 Å². The van der Waals surface area contributed by atoms with Gasteiger partial charge in [-0.2, -0.15) is 8.42 Å². The Morgan fingerprint density at radius 3 is 2.32 bits per heavy atom. The zero-order valence-electron chi connectivity index (χ0n) is 16.7. The Morgan fingerprint density at radius 1 is 0.871 bits per heavy atom. The molecule has 0 atom stereocenters. The molecule has 0 aliphatic carbocycles. The van der Waals surface area contributed by atoms with Crippen LogP contribution in [0.15, 0.2) is 77.4 Å². The molecule has 1 aliphatic rings. The SMILES string of the molecule is COc1ccc(/C=C2\Oc3cc(OS(=O)(=O)c4ccccc4)ccc3C2=O)cc1OC. The summed E-state index contributed by atoms with van der Waals surface area (Å²) in [4.78, 5) is 12.7. The molecule has 1 heterocycles. The highest BCUT2D eigenvalue weighted by Crippen LogP contribution is 2.36. The predicted molar refractivity (Wildman–Crippen MR) is 113 cm³/mol. The van der Waals surface area contributed by atoms with E-state index >= 15 is 0 Å². The molecule has 1 aliphatic heterocycles. The van der Waals surface area contributed by atoms with Crippen molar-refractivity contribution in [2.45, 2.75) is 4.90 Å². The summed E-state index contributed by atoms with van der Waals surface area (Å²) in [5.41, 5.74) is 0.994. The summed E-state index contributed by atoms with van der Waals surface area (Å²) < 4.78 is 46.2. The number of allylic oxidation sites excluding steroid dienone is 1. The lowest BCUT2D eigenvalue weighted by molar-refractivity contribution is 0.101. The zero-order chi connectivity index (χ0) is 22.0. The lowest BCUT2D eigenvalue weighted by Crippen LogP contribution is -2.09. The molecule has 0 saturated heterocycles. The van der Waals surface area contributed by atoms with E-state index in [4.69, 9.17) is 18.4 Å². The standard InChI is InChI=1S/C23H18O7S/c1-27-19-11-8-15(12-21(19)28-2)13-22-23(24)18-10-9-16(14-20(18)29-22)30-31(25,26)17-6-4-3-5-7-17/h3-14H,1-2H3/b22-13-. The first-order valence-electron chi connectivity index (χ1n) is 9.21. The molecule has 0 unspecified atom stereocenters. The van der Waals surface area contributed by atoms with Gasteiger partial charge in [-0.3, -0.25) is 4.79 Å². The van der Waals surface area contributed by atoms with Crippen molar-refractivity contribution in [3.8, 4) is 23.0 Å². The number of rotatable bonds is 6. The summed E-state index contributed by atoms with van der Waals surface area (Å²) in [6.45, 7) is 0. The van der Waals surface area contributed by atoms with E-state index in [1.54, 1.807) is 42.5 Å². The highest BCUT2D eigenvalue weighted by molar-refractivity contribution is 7.87. The maximum absolute atomic E-state index is 12.7. The van der Waals surface area contributed by atoms with Crippen LogP contribution in [0.2, 0.25) is 0 Å². The first kappa shape index (κ1) is 20.5. The number of ether oxygens (including phenoxy) is 3. The van der Waals surface area contributed by atoms with E-state index in [9.17, 15) is 13.2 Å². The minimum Gasteiger partial charge on any atom is -0.493 e. The third kappa shape index (κ3) is 4.10. The number of hydrogen-bond donors (Lipinski definition) is 0. The molecule has 31 heavy (non-hydrogen) atoms. The number of ketones is 1. The summed E-state index contributed by atoms with van der Waals surface area (Å²) in [6.07, 6.45) is 1.57. The largest absolute Gasteiger partial charge is 0.493 e. The van der Waals surface area contributed by atoms with Crippen molar-refractivity contribution >= 4 is 22.0 Å². The fourth-order valence-corrected chi connectivity index (χ4v) is 4.02. The molecule has 8 heteroatoms. The Kier molecular flexibility index (Phi) is 5.39. The zero-order valence-corrected chi connectivity index (χ0v) is 17.5. The average Bonchev–Trinajstić information content (AvgIpc) is 3.08. The van der Waals surface area contributed by atoms with Crippen LogP contribution in [-0.4, -0.2) is 28.4 Å². The van der Waals surface area contributed by atoms with Gasteiger partial charge in [-0.15, -0.1) is 0 Å². The maximum atomic E-state index is 12.7. The van der Waals surface area contributed by atoms with Gasteiger partial charge in [-0.05, 0) is 48.0 Å². The quantitative estimate of drug-likeness (QED) is 0.423. The Balaban J connectivity index is 1.59. The van der Waals surface area contributed by atoms with E-state index in [1.165, 1.54) is 44.6 Å². The van der Waals surface area contributed by atoms with Crippen LogP contribution in [-0.2, 0) is 10.1 Å². The van der Waals surface area contributed by atoms with Gasteiger partial charge in [0.25, 0.3) is 0 Å². The molecule has 3 aromatic carbocycles. The van der Waals surface area contributed by atoms with Gasteiger partial charge in [0.05, 0.1) is 19.8 Å². The molecule has 0 spiro atoms. The third-order valence-electron chi connectivity index (χ3n) is 4.58. The Hall–Kier alpha value is -3.78. The van der Waals surface area contributed by atoms with E-state index in [-0.39, 0.29) is 27.9 Å². The van der Waals surface area contributed by atoms with E-state index in [1.807, 2.05) is 0 Å². The lowest BCUT2D eigenvalue weighted by atomic mass is 10.1. The van der Waals surface area contributed by atoms with Crippen molar-refractivity contribution in [2.75, 3.05) is 14.2 Å². The number of Topliss-reactive ketones (excluding diaryl/α,β-unsaturated/α-hetero) is 1. The minimum absolute atomic E-state index is 0.0292. The third-order valence-corrected chi connectivity index (χ3v) is 5.85. The minimum atomic E-state index is -4.00. The fraction of sp³-hybridized carbons (Fsp3) is 0.0870.